The van der Waals surface area contributed by atoms with Crippen molar-refractivity contribution < 1.29 is 9.53 Å². The Kier molecular flexibility index (Phi) is 6.48. The predicted molar refractivity (Wildman–Crippen MR) is 93.8 cm³/mol. The lowest BCUT2D eigenvalue weighted by Gasteiger charge is -2.34. The molecule has 2 fully saturated rings. The number of hydrogen-bond donors (Lipinski definition) is 0. The number of amides is 1. The molecule has 0 N–H and O–H groups in total. The molecular formula is C18H28N2O2S. The third kappa shape index (κ3) is 5.30. The summed E-state index contributed by atoms with van der Waals surface area (Å²) in [6.45, 7) is 7.04. The lowest BCUT2D eigenvalue weighted by molar-refractivity contribution is -0.132. The molecule has 5 heteroatoms. The van der Waals surface area contributed by atoms with E-state index in [-0.39, 0.29) is 0 Å². The molecule has 2 aliphatic rings. The van der Waals surface area contributed by atoms with Crippen LogP contribution in [0.4, 0.5) is 0 Å². The van der Waals surface area contributed by atoms with Gasteiger partial charge in [0, 0.05) is 37.5 Å². The van der Waals surface area contributed by atoms with Crippen LogP contribution < -0.4 is 0 Å². The minimum absolute atomic E-state index is 0.338. The van der Waals surface area contributed by atoms with Crippen molar-refractivity contribution in [3.05, 3.63) is 22.4 Å². The molecule has 0 bridgehead atoms. The summed E-state index contributed by atoms with van der Waals surface area (Å²) in [5.74, 6) is 1.13. The summed E-state index contributed by atoms with van der Waals surface area (Å²) in [7, 11) is 0. The Hall–Kier alpha value is -0.910. The molecule has 4 nitrogen and oxygen atoms in total. The summed E-state index contributed by atoms with van der Waals surface area (Å²) in [4.78, 5) is 18.2. The third-order valence-corrected chi connectivity index (χ3v) is 6.03. The van der Waals surface area contributed by atoms with Crippen molar-refractivity contribution in [2.24, 2.45) is 5.92 Å². The van der Waals surface area contributed by atoms with Gasteiger partial charge in [0.25, 0.3) is 0 Å². The zero-order chi connectivity index (χ0) is 15.9. The molecule has 3 heterocycles. The summed E-state index contributed by atoms with van der Waals surface area (Å²) in [6, 6.07) is 4.18. The lowest BCUT2D eigenvalue weighted by Crippen LogP contribution is -2.40. The fraction of sp³-hybridized carbons (Fsp3) is 0.722. The Labute approximate surface area is 143 Å². The van der Waals surface area contributed by atoms with Crippen molar-refractivity contribution in [2.45, 2.75) is 32.1 Å². The second-order valence-corrected chi connectivity index (χ2v) is 7.68. The van der Waals surface area contributed by atoms with Gasteiger partial charge >= 0.3 is 0 Å². The Balaban J connectivity index is 1.32. The number of carbonyl (C=O) groups is 1. The maximum absolute atomic E-state index is 12.3. The smallest absolute Gasteiger partial charge is 0.222 e. The van der Waals surface area contributed by atoms with E-state index in [0.717, 1.165) is 51.7 Å². The maximum Gasteiger partial charge on any atom is 0.222 e. The van der Waals surface area contributed by atoms with Crippen LogP contribution >= 0.6 is 11.3 Å². The van der Waals surface area contributed by atoms with Crippen LogP contribution in [-0.2, 0) is 16.0 Å². The van der Waals surface area contributed by atoms with E-state index in [1.807, 2.05) is 0 Å². The molecule has 2 aliphatic heterocycles. The number of morpholine rings is 1. The van der Waals surface area contributed by atoms with Crippen LogP contribution in [0.1, 0.15) is 30.6 Å². The van der Waals surface area contributed by atoms with Gasteiger partial charge in [-0.05, 0) is 49.6 Å². The van der Waals surface area contributed by atoms with Crippen LogP contribution in [-0.4, -0.2) is 61.6 Å². The number of hydrogen-bond acceptors (Lipinski definition) is 4. The number of aryl methyl sites for hydroxylation is 1. The molecule has 0 aromatic carbocycles. The Morgan fingerprint density at radius 2 is 2.00 bits per heavy atom. The second kappa shape index (κ2) is 8.81. The molecule has 2 saturated heterocycles. The van der Waals surface area contributed by atoms with Crippen molar-refractivity contribution in [1.29, 1.82) is 0 Å². The summed E-state index contributed by atoms with van der Waals surface area (Å²) in [6.07, 6.45) is 5.19. The van der Waals surface area contributed by atoms with Crippen molar-refractivity contribution in [3.8, 4) is 0 Å². The number of thiophene rings is 1. The molecule has 1 aromatic rings. The summed E-state index contributed by atoms with van der Waals surface area (Å²) in [5.41, 5.74) is 0. The van der Waals surface area contributed by atoms with E-state index in [1.165, 1.54) is 30.7 Å². The van der Waals surface area contributed by atoms with Crippen molar-refractivity contribution >= 4 is 17.2 Å². The van der Waals surface area contributed by atoms with E-state index < -0.39 is 0 Å². The summed E-state index contributed by atoms with van der Waals surface area (Å²) in [5, 5.41) is 2.08. The Bertz CT molecular complexity index is 463. The highest BCUT2D eigenvalue weighted by Crippen LogP contribution is 2.22. The van der Waals surface area contributed by atoms with Gasteiger partial charge in [-0.1, -0.05) is 6.07 Å². The van der Waals surface area contributed by atoms with Gasteiger partial charge in [0.2, 0.25) is 5.91 Å². The van der Waals surface area contributed by atoms with E-state index in [0.29, 0.717) is 12.3 Å². The predicted octanol–water partition coefficient (Wildman–Crippen LogP) is 2.64. The van der Waals surface area contributed by atoms with Gasteiger partial charge in [-0.25, -0.2) is 0 Å². The number of rotatable bonds is 6. The van der Waals surface area contributed by atoms with E-state index >= 15 is 0 Å². The first-order valence-corrected chi connectivity index (χ1v) is 9.79. The quantitative estimate of drug-likeness (QED) is 0.801. The first-order chi connectivity index (χ1) is 11.3. The first kappa shape index (κ1) is 16.9. The van der Waals surface area contributed by atoms with Gasteiger partial charge in [0.15, 0.2) is 0 Å². The summed E-state index contributed by atoms with van der Waals surface area (Å²) < 4.78 is 5.40. The third-order valence-electron chi connectivity index (χ3n) is 5.09. The normalized spacial score (nSPS) is 20.8. The van der Waals surface area contributed by atoms with Crippen LogP contribution in [0.5, 0.6) is 0 Å². The van der Waals surface area contributed by atoms with Crippen LogP contribution in [0.15, 0.2) is 17.5 Å². The number of nitrogens with zero attached hydrogens (tertiary/aromatic N) is 2. The zero-order valence-electron chi connectivity index (χ0n) is 13.9. The molecule has 3 rings (SSSR count). The van der Waals surface area contributed by atoms with Crippen molar-refractivity contribution in [2.75, 3.05) is 45.9 Å². The van der Waals surface area contributed by atoms with Crippen LogP contribution in [0.25, 0.3) is 0 Å². The fourth-order valence-corrected chi connectivity index (χ4v) is 4.21. The average molecular weight is 337 g/mol. The molecule has 0 aliphatic carbocycles. The lowest BCUT2D eigenvalue weighted by atomic mass is 9.93. The highest BCUT2D eigenvalue weighted by molar-refractivity contribution is 7.09. The van der Waals surface area contributed by atoms with Crippen molar-refractivity contribution in [1.82, 2.24) is 9.80 Å². The van der Waals surface area contributed by atoms with Gasteiger partial charge in [-0.15, -0.1) is 11.3 Å². The molecule has 0 spiro atoms. The highest BCUT2D eigenvalue weighted by Gasteiger charge is 2.23. The zero-order valence-corrected chi connectivity index (χ0v) is 14.7. The summed E-state index contributed by atoms with van der Waals surface area (Å²) >= 11 is 1.75. The number of likely N-dealkylation sites (tertiary alicyclic amines) is 1. The van der Waals surface area contributed by atoms with Crippen LogP contribution in [0.2, 0.25) is 0 Å². The molecule has 1 aromatic heterocycles. The average Bonchev–Trinajstić information content (AvgIpc) is 3.13. The van der Waals surface area contributed by atoms with Crippen LogP contribution in [0.3, 0.4) is 0 Å². The molecular weight excluding hydrogens is 308 g/mol. The molecule has 0 radical (unpaired) electrons. The van der Waals surface area contributed by atoms with Gasteiger partial charge in [0.05, 0.1) is 13.2 Å². The first-order valence-electron chi connectivity index (χ1n) is 8.91. The van der Waals surface area contributed by atoms with E-state index in [4.69, 9.17) is 4.74 Å². The highest BCUT2D eigenvalue weighted by atomic mass is 32.1. The van der Waals surface area contributed by atoms with Gasteiger partial charge < -0.3 is 9.64 Å². The Morgan fingerprint density at radius 1 is 1.22 bits per heavy atom. The maximum atomic E-state index is 12.3. The largest absolute Gasteiger partial charge is 0.379 e. The van der Waals surface area contributed by atoms with Gasteiger partial charge in [-0.3, -0.25) is 9.69 Å². The minimum atomic E-state index is 0.338. The second-order valence-electron chi connectivity index (χ2n) is 6.65. The molecule has 0 atom stereocenters. The molecule has 0 unspecified atom stereocenters. The SMILES string of the molecule is O=C(CCc1cccs1)N1CCC(CCN2CCOCC2)CC1. The molecule has 128 valence electrons. The molecule has 0 saturated carbocycles. The van der Waals surface area contributed by atoms with E-state index in [1.54, 1.807) is 11.3 Å². The van der Waals surface area contributed by atoms with Gasteiger partial charge in [-0.2, -0.15) is 0 Å². The number of ether oxygens (including phenoxy) is 1. The molecule has 23 heavy (non-hydrogen) atoms. The number of piperidine rings is 1. The van der Waals surface area contributed by atoms with E-state index in [9.17, 15) is 4.79 Å². The fourth-order valence-electron chi connectivity index (χ4n) is 3.50. The topological polar surface area (TPSA) is 32.8 Å². The van der Waals surface area contributed by atoms with Crippen LogP contribution in [0, 0.1) is 5.92 Å². The van der Waals surface area contributed by atoms with Crippen molar-refractivity contribution in [3.63, 3.8) is 0 Å². The molecule has 1 amide bonds. The monoisotopic (exact) mass is 336 g/mol. The Morgan fingerprint density at radius 3 is 2.70 bits per heavy atom. The van der Waals surface area contributed by atoms with E-state index in [2.05, 4.69) is 27.3 Å². The van der Waals surface area contributed by atoms with Gasteiger partial charge in [0.1, 0.15) is 0 Å². The minimum Gasteiger partial charge on any atom is -0.379 e. The standard InChI is InChI=1S/C18H28N2O2S/c21-18(4-3-17-2-1-15-23-17)20-9-6-16(7-10-20)5-8-19-11-13-22-14-12-19/h1-2,15-16H,3-14H2. The number of carbonyl (C=O) groups excluding carboxylic acids is 1.